The highest BCUT2D eigenvalue weighted by molar-refractivity contribution is 6.02. The van der Waals surface area contributed by atoms with E-state index in [0.717, 1.165) is 90.1 Å². The van der Waals surface area contributed by atoms with Crippen LogP contribution in [-0.4, -0.2) is 37.7 Å². The number of carbonyl (C=O) groups is 3. The summed E-state index contributed by atoms with van der Waals surface area (Å²) in [5.74, 6) is -0.932. The Morgan fingerprint density at radius 2 is 0.542 bits per heavy atom. The monoisotopic (exact) mass is 973 g/mol. The molecule has 0 aromatic heterocycles. The van der Waals surface area contributed by atoms with Crippen molar-refractivity contribution in [2.75, 3.05) is 19.8 Å². The summed E-state index contributed by atoms with van der Waals surface area (Å²) in [6.45, 7) is 7.92. The van der Waals surface area contributed by atoms with E-state index in [1.54, 1.807) is 18.2 Å². The summed E-state index contributed by atoms with van der Waals surface area (Å²) in [5.41, 5.74) is 0.687. The van der Waals surface area contributed by atoms with Crippen molar-refractivity contribution in [1.29, 1.82) is 0 Å². The number of unbranched alkanes of at least 4 members (excludes halogenated alkanes) is 15. The van der Waals surface area contributed by atoms with Crippen molar-refractivity contribution in [3.8, 4) is 34.5 Å². The minimum absolute atomic E-state index is 0.0146. The summed E-state index contributed by atoms with van der Waals surface area (Å²) < 4.78 is 37.3. The van der Waals surface area contributed by atoms with Crippen LogP contribution in [0.25, 0.3) is 32.3 Å². The fourth-order valence-corrected chi connectivity index (χ4v) is 8.90. The van der Waals surface area contributed by atoms with Crippen LogP contribution in [-0.2, 0) is 0 Å². The summed E-state index contributed by atoms with van der Waals surface area (Å²) in [4.78, 5) is 43.1. The Morgan fingerprint density at radius 3 is 0.806 bits per heavy atom. The highest BCUT2D eigenvalue weighted by Crippen LogP contribution is 2.35. The van der Waals surface area contributed by atoms with E-state index in [2.05, 4.69) is 20.8 Å². The highest BCUT2D eigenvalue weighted by Gasteiger charge is 2.23. The molecule has 0 N–H and O–H groups in total. The van der Waals surface area contributed by atoms with Crippen molar-refractivity contribution in [3.63, 3.8) is 0 Å². The molecule has 0 aliphatic rings. The Hall–Kier alpha value is -6.87. The number of hydrogen-bond acceptors (Lipinski definition) is 9. The minimum Gasteiger partial charge on any atom is -0.493 e. The van der Waals surface area contributed by atoms with Gasteiger partial charge < -0.3 is 28.4 Å². The first-order valence-corrected chi connectivity index (χ1v) is 26.6. The molecule has 72 heavy (non-hydrogen) atoms. The van der Waals surface area contributed by atoms with E-state index in [4.69, 9.17) is 28.4 Å². The molecule has 7 aromatic carbocycles. The third-order valence-corrected chi connectivity index (χ3v) is 13.0. The first-order chi connectivity index (χ1) is 35.3. The number of carbonyl (C=O) groups excluding carboxylic acids is 3. The van der Waals surface area contributed by atoms with Gasteiger partial charge in [-0.15, -0.1) is 0 Å². The highest BCUT2D eigenvalue weighted by atomic mass is 16.6. The average Bonchev–Trinajstić information content (AvgIpc) is 3.39. The predicted molar refractivity (Wildman–Crippen MR) is 290 cm³/mol. The molecule has 378 valence electrons. The molecule has 0 heterocycles. The van der Waals surface area contributed by atoms with Gasteiger partial charge >= 0.3 is 17.9 Å². The van der Waals surface area contributed by atoms with E-state index in [0.29, 0.717) is 37.1 Å². The molecule has 0 unspecified atom stereocenters. The lowest BCUT2D eigenvalue weighted by atomic mass is 10.1. The summed E-state index contributed by atoms with van der Waals surface area (Å²) in [6, 6.07) is 38.5. The third-order valence-electron chi connectivity index (χ3n) is 13.0. The maximum Gasteiger partial charge on any atom is 0.347 e. The third kappa shape index (κ3) is 15.6. The largest absolute Gasteiger partial charge is 0.493 e. The lowest BCUT2D eigenvalue weighted by molar-refractivity contribution is 0.0727. The molecule has 9 nitrogen and oxygen atoms in total. The molecule has 9 heteroatoms. The van der Waals surface area contributed by atoms with E-state index in [9.17, 15) is 14.4 Å². The Balaban J connectivity index is 1.19. The van der Waals surface area contributed by atoms with Crippen LogP contribution in [0, 0.1) is 0 Å². The zero-order valence-corrected chi connectivity index (χ0v) is 42.6. The smallest absolute Gasteiger partial charge is 0.347 e. The van der Waals surface area contributed by atoms with Crippen molar-refractivity contribution >= 4 is 50.2 Å². The van der Waals surface area contributed by atoms with Crippen LogP contribution in [0.2, 0.25) is 0 Å². The SMILES string of the molecule is CCCCCCCCOc1cc2ccccc2cc1C(=O)Oc1cc(OC(=O)c2cc3ccccc3cc2OCCCCCCCC)cc(OC(=O)c2cc3ccccc3cc2OCCCCCCCC)c1. The van der Waals surface area contributed by atoms with E-state index in [1.807, 2.05) is 91.0 Å². The molecule has 0 saturated heterocycles. The van der Waals surface area contributed by atoms with Gasteiger partial charge in [-0.1, -0.05) is 190 Å². The number of benzene rings is 7. The zero-order valence-electron chi connectivity index (χ0n) is 42.6. The van der Waals surface area contributed by atoms with E-state index < -0.39 is 17.9 Å². The van der Waals surface area contributed by atoms with Crippen LogP contribution in [0.4, 0.5) is 0 Å². The molecule has 0 aliphatic carbocycles. The average molecular weight is 973 g/mol. The molecule has 0 amide bonds. The van der Waals surface area contributed by atoms with Crippen molar-refractivity contribution in [2.45, 2.75) is 136 Å². The van der Waals surface area contributed by atoms with Gasteiger partial charge in [-0.3, -0.25) is 0 Å². The lowest BCUT2D eigenvalue weighted by Gasteiger charge is -2.16. The Kier molecular flexibility index (Phi) is 20.8. The van der Waals surface area contributed by atoms with Gasteiger partial charge in [0.2, 0.25) is 0 Å². The van der Waals surface area contributed by atoms with Gasteiger partial charge in [0, 0.05) is 18.2 Å². The van der Waals surface area contributed by atoms with Crippen LogP contribution in [0.5, 0.6) is 34.5 Å². The summed E-state index contributed by atoms with van der Waals surface area (Å²) >= 11 is 0. The van der Waals surface area contributed by atoms with Crippen molar-refractivity contribution in [1.82, 2.24) is 0 Å². The molecule has 0 aliphatic heterocycles. The van der Waals surface area contributed by atoms with E-state index in [-0.39, 0.29) is 33.9 Å². The van der Waals surface area contributed by atoms with Crippen LogP contribution in [0.3, 0.4) is 0 Å². The van der Waals surface area contributed by atoms with Gasteiger partial charge in [-0.2, -0.15) is 0 Å². The normalized spacial score (nSPS) is 11.2. The Bertz CT molecular complexity index is 2550. The molecule has 0 spiro atoms. The van der Waals surface area contributed by atoms with Crippen LogP contribution >= 0.6 is 0 Å². The fraction of sp³-hybridized carbons (Fsp3) is 0.381. The van der Waals surface area contributed by atoms with Gasteiger partial charge in [0.15, 0.2) is 0 Å². The first-order valence-electron chi connectivity index (χ1n) is 26.6. The number of fused-ring (bicyclic) bond motifs is 3. The summed E-state index contributed by atoms with van der Waals surface area (Å²) in [5, 5.41) is 5.27. The number of ether oxygens (including phenoxy) is 6. The first kappa shape index (κ1) is 52.9. The predicted octanol–water partition coefficient (Wildman–Crippen LogP) is 17.0. The van der Waals surface area contributed by atoms with E-state index in [1.165, 1.54) is 76.0 Å². The van der Waals surface area contributed by atoms with Gasteiger partial charge in [0.1, 0.15) is 51.2 Å². The van der Waals surface area contributed by atoms with Gasteiger partial charge in [0.25, 0.3) is 0 Å². The Labute approximate surface area is 426 Å². The lowest BCUT2D eigenvalue weighted by Crippen LogP contribution is -2.14. The molecule has 0 saturated carbocycles. The number of hydrogen-bond donors (Lipinski definition) is 0. The molecule has 0 fully saturated rings. The van der Waals surface area contributed by atoms with Crippen molar-refractivity contribution in [3.05, 3.63) is 144 Å². The minimum atomic E-state index is -0.695. The topological polar surface area (TPSA) is 107 Å². The maximum absolute atomic E-state index is 14.4. The second kappa shape index (κ2) is 28.2. The molecule has 0 bridgehead atoms. The van der Waals surface area contributed by atoms with Crippen molar-refractivity contribution < 1.29 is 42.8 Å². The molecular formula is C63H72O9. The van der Waals surface area contributed by atoms with Gasteiger partial charge in [0.05, 0.1) is 19.8 Å². The van der Waals surface area contributed by atoms with E-state index >= 15 is 0 Å². The molecule has 0 atom stereocenters. The second-order valence-electron chi connectivity index (χ2n) is 18.7. The van der Waals surface area contributed by atoms with Gasteiger partial charge in [-0.25, -0.2) is 14.4 Å². The van der Waals surface area contributed by atoms with Crippen LogP contribution < -0.4 is 28.4 Å². The quantitative estimate of drug-likeness (QED) is 0.0247. The molecule has 0 radical (unpaired) electrons. The van der Waals surface area contributed by atoms with Crippen molar-refractivity contribution in [2.24, 2.45) is 0 Å². The molecule has 7 aromatic rings. The molecule has 7 rings (SSSR count). The van der Waals surface area contributed by atoms with Gasteiger partial charge in [-0.05, 0) is 88.0 Å². The maximum atomic E-state index is 14.4. The summed E-state index contributed by atoms with van der Waals surface area (Å²) in [6.07, 6.45) is 19.7. The number of rotatable bonds is 30. The standard InChI is InChI=1S/C63H72O9/c1-4-7-10-13-16-25-34-67-58-40-49-31-22-19-28-46(49)37-55(58)61(64)70-52-43-53(71-62(65)56-38-47-29-20-23-32-50(47)41-59(56)68-35-26-17-14-11-8-5-2)45-54(44-52)72-63(66)57-39-48-30-21-24-33-51(48)42-60(57)69-36-27-18-15-12-9-6-3/h19-24,28-33,37-45H,4-18,25-27,34-36H2,1-3H3. The second-order valence-corrected chi connectivity index (χ2v) is 18.7. The zero-order chi connectivity index (χ0) is 50.3. The fourth-order valence-electron chi connectivity index (χ4n) is 8.90. The van der Waals surface area contributed by atoms with Crippen LogP contribution in [0.1, 0.15) is 167 Å². The Morgan fingerprint density at radius 1 is 0.306 bits per heavy atom. The number of esters is 3. The van der Waals surface area contributed by atoms with Crippen LogP contribution in [0.15, 0.2) is 127 Å². The molecular weight excluding hydrogens is 901 g/mol. The summed E-state index contributed by atoms with van der Waals surface area (Å²) in [7, 11) is 0.